The van der Waals surface area contributed by atoms with Gasteiger partial charge in [-0.3, -0.25) is 0 Å². The van der Waals surface area contributed by atoms with Gasteiger partial charge in [-0.2, -0.15) is 0 Å². The minimum Gasteiger partial charge on any atom is -0.475 e. The van der Waals surface area contributed by atoms with Crippen molar-refractivity contribution in [1.82, 2.24) is 14.9 Å². The first kappa shape index (κ1) is 18.2. The summed E-state index contributed by atoms with van der Waals surface area (Å²) in [5.41, 5.74) is 1.16. The lowest BCUT2D eigenvalue weighted by Crippen LogP contribution is -2.50. The Kier molecular flexibility index (Phi) is 5.15. The Morgan fingerprint density at radius 2 is 1.69 bits per heavy atom. The average Bonchev–Trinajstić information content (AvgIpc) is 2.60. The number of aromatic nitrogens is 2. The van der Waals surface area contributed by atoms with Gasteiger partial charge < -0.3 is 19.3 Å². The average molecular weight is 358 g/mol. The van der Waals surface area contributed by atoms with E-state index in [9.17, 15) is 4.79 Å². The molecule has 1 aromatic heterocycles. The van der Waals surface area contributed by atoms with Gasteiger partial charge >= 0.3 is 6.09 Å². The molecule has 0 N–H and O–H groups in total. The van der Waals surface area contributed by atoms with Gasteiger partial charge in [-0.25, -0.2) is 14.8 Å². The number of piperazine rings is 1. The summed E-state index contributed by atoms with van der Waals surface area (Å²) >= 11 is 0. The van der Waals surface area contributed by atoms with Crippen LogP contribution in [0.1, 0.15) is 27.7 Å². The summed E-state index contributed by atoms with van der Waals surface area (Å²) < 4.78 is 11.2. The molecule has 3 rings (SSSR count). The highest BCUT2D eigenvalue weighted by atomic mass is 16.6. The molecule has 7 heteroatoms. The van der Waals surface area contributed by atoms with Crippen molar-refractivity contribution >= 4 is 22.9 Å². The minimum atomic E-state index is -0.486. The van der Waals surface area contributed by atoms with Gasteiger partial charge in [0.15, 0.2) is 5.82 Å². The van der Waals surface area contributed by atoms with Crippen molar-refractivity contribution in [3.05, 3.63) is 24.3 Å². The van der Waals surface area contributed by atoms with Crippen molar-refractivity contribution in [3.8, 4) is 5.88 Å². The van der Waals surface area contributed by atoms with E-state index in [1.165, 1.54) is 0 Å². The first-order valence-electron chi connectivity index (χ1n) is 9.00. The number of carbonyl (C=O) groups excluding carboxylic acids is 1. The molecule has 26 heavy (non-hydrogen) atoms. The number of amides is 1. The fourth-order valence-corrected chi connectivity index (χ4v) is 2.84. The third-order valence-corrected chi connectivity index (χ3v) is 4.03. The zero-order valence-corrected chi connectivity index (χ0v) is 15.9. The summed E-state index contributed by atoms with van der Waals surface area (Å²) in [5, 5.41) is 0. The predicted octanol–water partition coefficient (Wildman–Crippen LogP) is 3.09. The van der Waals surface area contributed by atoms with Crippen LogP contribution in [0.25, 0.3) is 11.0 Å². The summed E-state index contributed by atoms with van der Waals surface area (Å²) in [6, 6.07) is 7.75. The molecule has 2 aromatic rings. The zero-order chi connectivity index (χ0) is 18.7. The van der Waals surface area contributed by atoms with Crippen LogP contribution >= 0.6 is 0 Å². The zero-order valence-electron chi connectivity index (χ0n) is 15.9. The fraction of sp³-hybridized carbons (Fsp3) is 0.526. The maximum absolute atomic E-state index is 12.2. The van der Waals surface area contributed by atoms with Gasteiger partial charge in [-0.1, -0.05) is 12.1 Å². The Morgan fingerprint density at radius 3 is 2.27 bits per heavy atom. The smallest absolute Gasteiger partial charge is 0.410 e. The minimum absolute atomic E-state index is 0.272. The van der Waals surface area contributed by atoms with E-state index in [2.05, 4.69) is 9.88 Å². The SMILES string of the molecule is CCOc1nc2ccccc2nc1N1CCN(C(=O)OC(C)(C)C)CC1. The molecule has 0 unspecified atom stereocenters. The Bertz CT molecular complexity index is 780. The number of hydrogen-bond acceptors (Lipinski definition) is 6. The molecule has 0 saturated carbocycles. The number of carbonyl (C=O) groups is 1. The Labute approximate surface area is 153 Å². The molecule has 1 saturated heterocycles. The standard InChI is InChI=1S/C19H26N4O3/c1-5-25-17-16(20-14-8-6-7-9-15(14)21-17)22-10-12-23(13-11-22)18(24)26-19(2,3)4/h6-9H,5,10-13H2,1-4H3. The summed E-state index contributed by atoms with van der Waals surface area (Å²) in [7, 11) is 0. The van der Waals surface area contributed by atoms with E-state index in [1.54, 1.807) is 4.90 Å². The van der Waals surface area contributed by atoms with Gasteiger partial charge in [0.25, 0.3) is 5.88 Å². The van der Waals surface area contributed by atoms with Gasteiger partial charge in [-0.15, -0.1) is 0 Å². The van der Waals surface area contributed by atoms with Crippen molar-refractivity contribution in [1.29, 1.82) is 0 Å². The molecule has 1 aliphatic rings. The molecule has 0 aliphatic carbocycles. The van der Waals surface area contributed by atoms with Crippen LogP contribution in [0, 0.1) is 0 Å². The fourth-order valence-electron chi connectivity index (χ4n) is 2.84. The van der Waals surface area contributed by atoms with E-state index in [0.29, 0.717) is 38.7 Å². The van der Waals surface area contributed by atoms with E-state index in [0.717, 1.165) is 16.9 Å². The van der Waals surface area contributed by atoms with E-state index < -0.39 is 5.60 Å². The number of benzene rings is 1. The maximum Gasteiger partial charge on any atom is 0.410 e. The van der Waals surface area contributed by atoms with E-state index in [1.807, 2.05) is 52.0 Å². The molecule has 7 nitrogen and oxygen atoms in total. The number of nitrogens with zero attached hydrogens (tertiary/aromatic N) is 4. The Balaban J connectivity index is 1.76. The predicted molar refractivity (Wildman–Crippen MR) is 101 cm³/mol. The molecule has 2 heterocycles. The number of anilines is 1. The quantitative estimate of drug-likeness (QED) is 0.840. The van der Waals surface area contributed by atoms with E-state index in [-0.39, 0.29) is 6.09 Å². The third kappa shape index (κ3) is 4.15. The largest absolute Gasteiger partial charge is 0.475 e. The second-order valence-electron chi connectivity index (χ2n) is 7.23. The van der Waals surface area contributed by atoms with Crippen LogP contribution in [0.15, 0.2) is 24.3 Å². The molecule has 0 spiro atoms. The van der Waals surface area contributed by atoms with Crippen LogP contribution < -0.4 is 9.64 Å². The van der Waals surface area contributed by atoms with Crippen LogP contribution in [0.2, 0.25) is 0 Å². The molecule has 1 aromatic carbocycles. The molecule has 0 bridgehead atoms. The molecule has 0 radical (unpaired) electrons. The molecule has 1 fully saturated rings. The van der Waals surface area contributed by atoms with Gasteiger partial charge in [-0.05, 0) is 39.8 Å². The number of rotatable bonds is 3. The highest BCUT2D eigenvalue weighted by Crippen LogP contribution is 2.28. The third-order valence-electron chi connectivity index (χ3n) is 4.03. The topological polar surface area (TPSA) is 67.8 Å². The summed E-state index contributed by atoms with van der Waals surface area (Å²) in [6.07, 6.45) is -0.272. The van der Waals surface area contributed by atoms with Gasteiger partial charge in [0.1, 0.15) is 5.60 Å². The van der Waals surface area contributed by atoms with E-state index >= 15 is 0 Å². The van der Waals surface area contributed by atoms with Crippen LogP contribution in [0.5, 0.6) is 5.88 Å². The molecule has 140 valence electrons. The number of hydrogen-bond donors (Lipinski definition) is 0. The van der Waals surface area contributed by atoms with Crippen LogP contribution in [0.4, 0.5) is 10.6 Å². The van der Waals surface area contributed by atoms with Crippen LogP contribution in [-0.2, 0) is 4.74 Å². The maximum atomic E-state index is 12.2. The van der Waals surface area contributed by atoms with Crippen LogP contribution in [0.3, 0.4) is 0 Å². The molecular weight excluding hydrogens is 332 g/mol. The summed E-state index contributed by atoms with van der Waals surface area (Å²) in [6.45, 7) is 10.6. The first-order valence-corrected chi connectivity index (χ1v) is 9.00. The second-order valence-corrected chi connectivity index (χ2v) is 7.23. The first-order chi connectivity index (χ1) is 12.4. The normalized spacial score (nSPS) is 15.2. The highest BCUT2D eigenvalue weighted by molar-refractivity contribution is 5.77. The van der Waals surface area contributed by atoms with E-state index in [4.69, 9.17) is 14.5 Å². The van der Waals surface area contributed by atoms with Gasteiger partial charge in [0, 0.05) is 26.2 Å². The molecule has 1 amide bonds. The summed E-state index contributed by atoms with van der Waals surface area (Å²) in [5.74, 6) is 1.27. The number of para-hydroxylation sites is 2. The molecule has 1 aliphatic heterocycles. The second kappa shape index (κ2) is 7.35. The number of fused-ring (bicyclic) bond motifs is 1. The lowest BCUT2D eigenvalue weighted by Gasteiger charge is -2.36. The van der Waals surface area contributed by atoms with Crippen molar-refractivity contribution in [2.24, 2.45) is 0 Å². The Hall–Kier alpha value is -2.57. The lowest BCUT2D eigenvalue weighted by atomic mass is 10.2. The lowest BCUT2D eigenvalue weighted by molar-refractivity contribution is 0.0240. The van der Waals surface area contributed by atoms with Crippen molar-refractivity contribution in [3.63, 3.8) is 0 Å². The monoisotopic (exact) mass is 358 g/mol. The van der Waals surface area contributed by atoms with Crippen LogP contribution in [-0.4, -0.2) is 59.3 Å². The van der Waals surface area contributed by atoms with Crippen molar-refractivity contribution in [2.45, 2.75) is 33.3 Å². The molecular formula is C19H26N4O3. The van der Waals surface area contributed by atoms with Crippen molar-refractivity contribution < 1.29 is 14.3 Å². The summed E-state index contributed by atoms with van der Waals surface area (Å²) in [4.78, 5) is 25.4. The van der Waals surface area contributed by atoms with Crippen molar-refractivity contribution in [2.75, 3.05) is 37.7 Å². The molecule has 0 atom stereocenters. The Morgan fingerprint density at radius 1 is 1.08 bits per heavy atom. The number of ether oxygens (including phenoxy) is 2. The van der Waals surface area contributed by atoms with Gasteiger partial charge in [0.2, 0.25) is 0 Å². The van der Waals surface area contributed by atoms with Gasteiger partial charge in [0.05, 0.1) is 17.6 Å². The highest BCUT2D eigenvalue weighted by Gasteiger charge is 2.28.